The molecule has 15 heteroatoms. The molecule has 8 rings (SSSR count). The molecule has 1 aliphatic rings. The molecular weight excluding hydrogens is 838 g/mol. The number of hydrogen-bond donors (Lipinski definition) is 0. The van der Waals surface area contributed by atoms with E-state index in [1.165, 1.54) is 30.3 Å². The standard InChI is InChI=1S/C30H30F4N4O.C19H17F3N2O/c1-20-12-15-38-28(18-20)35-21(2)29(38)27(39)11-5-22-4-10-26(25(31)19-22)37-14-3-13-36(16-17-37)24-8-6-23(7-9-24)30(32,33)34;1-12-3-10-17-23-13(2)18(24(17)11-12)16(25)9-6-14-4-7-15(8-5-14)19(20,21)22/h4,6-10,12,15,18-19H,3,5,11,13-14,16-17H2,1-2H3;3-5,7-8,10-11H,6,9H2,1-2H3. The zero-order valence-corrected chi connectivity index (χ0v) is 35.8. The summed E-state index contributed by atoms with van der Waals surface area (Å²) >= 11 is 0. The molecule has 7 aromatic rings. The van der Waals surface area contributed by atoms with Crippen LogP contribution in [0.4, 0.5) is 42.1 Å². The number of hydrogen-bond acceptors (Lipinski definition) is 6. The summed E-state index contributed by atoms with van der Waals surface area (Å²) in [6.45, 7) is 9.94. The summed E-state index contributed by atoms with van der Waals surface area (Å²) in [6.07, 6.45) is -2.99. The van der Waals surface area contributed by atoms with Gasteiger partial charge in [-0.25, -0.2) is 14.4 Å². The van der Waals surface area contributed by atoms with Crippen molar-refractivity contribution in [2.45, 2.75) is 72.2 Å². The quantitative estimate of drug-likeness (QED) is 0.101. The first-order valence-corrected chi connectivity index (χ1v) is 20.9. The Balaban J connectivity index is 0.000000211. The van der Waals surface area contributed by atoms with Gasteiger partial charge in [-0.1, -0.05) is 24.3 Å². The number of halogens is 7. The molecule has 0 bridgehead atoms. The number of pyridine rings is 2. The van der Waals surface area contributed by atoms with Gasteiger partial charge in [0.05, 0.1) is 28.2 Å². The number of ketones is 2. The second-order valence-corrected chi connectivity index (χ2v) is 16.2. The van der Waals surface area contributed by atoms with Gasteiger partial charge >= 0.3 is 12.4 Å². The smallest absolute Gasteiger partial charge is 0.370 e. The topological polar surface area (TPSA) is 75.2 Å². The predicted octanol–water partition coefficient (Wildman–Crippen LogP) is 11.4. The van der Waals surface area contributed by atoms with Crippen LogP contribution in [0.25, 0.3) is 11.3 Å². The first-order chi connectivity index (χ1) is 30.3. The lowest BCUT2D eigenvalue weighted by Gasteiger charge is -2.25. The Morgan fingerprint density at radius 3 is 1.75 bits per heavy atom. The summed E-state index contributed by atoms with van der Waals surface area (Å²) in [7, 11) is 0. The number of alkyl halides is 6. The minimum absolute atomic E-state index is 0.0378. The lowest BCUT2D eigenvalue weighted by atomic mass is 10.0. The van der Waals surface area contributed by atoms with Crippen LogP contribution in [0, 0.1) is 33.5 Å². The second-order valence-electron chi connectivity index (χ2n) is 16.2. The molecule has 0 unspecified atom stereocenters. The Morgan fingerprint density at radius 1 is 0.578 bits per heavy atom. The zero-order valence-electron chi connectivity index (χ0n) is 35.8. The average Bonchev–Trinajstić information content (AvgIpc) is 3.63. The summed E-state index contributed by atoms with van der Waals surface area (Å²) < 4.78 is 95.2. The number of aryl methyl sites for hydroxylation is 6. The Labute approximate surface area is 366 Å². The van der Waals surface area contributed by atoms with Gasteiger partial charge in [-0.05, 0) is 136 Å². The first kappa shape index (κ1) is 45.5. The van der Waals surface area contributed by atoms with Crippen molar-refractivity contribution < 1.29 is 40.3 Å². The molecule has 0 aliphatic carbocycles. The van der Waals surface area contributed by atoms with E-state index in [0.717, 1.165) is 58.7 Å². The third kappa shape index (κ3) is 10.5. The molecule has 0 saturated carbocycles. The van der Waals surface area contributed by atoms with E-state index in [2.05, 4.69) is 9.97 Å². The maximum absolute atomic E-state index is 15.2. The van der Waals surface area contributed by atoms with Crippen molar-refractivity contribution in [1.29, 1.82) is 0 Å². The van der Waals surface area contributed by atoms with Crippen LogP contribution < -0.4 is 9.80 Å². The summed E-state index contributed by atoms with van der Waals surface area (Å²) in [6, 6.07) is 22.9. The Morgan fingerprint density at radius 2 is 1.12 bits per heavy atom. The number of imidazole rings is 2. The van der Waals surface area contributed by atoms with Gasteiger partial charge in [0.1, 0.15) is 28.5 Å². The van der Waals surface area contributed by atoms with Gasteiger partial charge in [0.2, 0.25) is 0 Å². The van der Waals surface area contributed by atoms with E-state index in [0.29, 0.717) is 78.7 Å². The number of aromatic nitrogens is 4. The Kier molecular flexibility index (Phi) is 13.3. The molecule has 1 fully saturated rings. The number of rotatable bonds is 10. The number of carbonyl (C=O) groups is 2. The van der Waals surface area contributed by atoms with Crippen molar-refractivity contribution in [2.75, 3.05) is 36.0 Å². The van der Waals surface area contributed by atoms with E-state index in [9.17, 15) is 35.9 Å². The SMILES string of the molecule is Cc1ccc2nc(C)c(C(=O)CCc3ccc(C(F)(F)F)cc3)n2c1.Cc1ccn2c(C(=O)CCc3ccc(N4CCCN(c5ccc(C(F)(F)F)cc5)CC4)c(F)c3)c(C)nc2c1. The fourth-order valence-corrected chi connectivity index (χ4v) is 8.06. The fourth-order valence-electron chi connectivity index (χ4n) is 8.06. The molecule has 0 spiro atoms. The van der Waals surface area contributed by atoms with Crippen LogP contribution in [-0.2, 0) is 25.2 Å². The molecule has 334 valence electrons. The fraction of sp³-hybridized carbons (Fsp3) is 0.306. The number of fused-ring (bicyclic) bond motifs is 2. The molecule has 8 nitrogen and oxygen atoms in total. The Bertz CT molecular complexity index is 2790. The highest BCUT2D eigenvalue weighted by Gasteiger charge is 2.31. The number of Topliss-reactive ketones (excluding diaryl/α,β-unsaturated/α-hetero) is 2. The van der Waals surface area contributed by atoms with Crippen molar-refractivity contribution in [3.8, 4) is 0 Å². The van der Waals surface area contributed by atoms with E-state index in [4.69, 9.17) is 0 Å². The molecule has 0 atom stereocenters. The maximum atomic E-state index is 15.2. The zero-order chi connectivity index (χ0) is 45.9. The van der Waals surface area contributed by atoms with Gasteiger partial charge in [-0.3, -0.25) is 18.4 Å². The van der Waals surface area contributed by atoms with E-state index < -0.39 is 23.5 Å². The lowest BCUT2D eigenvalue weighted by Crippen LogP contribution is -2.31. The predicted molar refractivity (Wildman–Crippen MR) is 233 cm³/mol. The van der Waals surface area contributed by atoms with Gasteiger partial charge in [0.25, 0.3) is 0 Å². The molecule has 0 N–H and O–H groups in total. The molecular formula is C49H47F7N6O2. The highest BCUT2D eigenvalue weighted by atomic mass is 19.4. The van der Waals surface area contributed by atoms with Crippen molar-refractivity contribution in [3.63, 3.8) is 0 Å². The normalized spacial score (nSPS) is 13.5. The molecule has 4 aromatic heterocycles. The Hall–Kier alpha value is -6.51. The third-order valence-electron chi connectivity index (χ3n) is 11.4. The van der Waals surface area contributed by atoms with Crippen LogP contribution in [0.15, 0.2) is 103 Å². The van der Waals surface area contributed by atoms with Crippen LogP contribution in [0.2, 0.25) is 0 Å². The number of carbonyl (C=O) groups excluding carboxylic acids is 2. The van der Waals surface area contributed by atoms with Crippen LogP contribution in [0.3, 0.4) is 0 Å². The van der Waals surface area contributed by atoms with E-state index in [1.54, 1.807) is 17.4 Å². The highest BCUT2D eigenvalue weighted by molar-refractivity contribution is 5.97. The van der Waals surface area contributed by atoms with E-state index >= 15 is 4.39 Å². The van der Waals surface area contributed by atoms with E-state index in [-0.39, 0.29) is 30.2 Å². The molecule has 1 aliphatic heterocycles. The second kappa shape index (κ2) is 18.7. The van der Waals surface area contributed by atoms with E-state index in [1.807, 2.05) is 77.7 Å². The third-order valence-corrected chi connectivity index (χ3v) is 11.4. The molecule has 5 heterocycles. The van der Waals surface area contributed by atoms with Crippen molar-refractivity contribution in [2.24, 2.45) is 0 Å². The van der Waals surface area contributed by atoms with Crippen molar-refractivity contribution in [3.05, 3.63) is 165 Å². The first-order valence-electron chi connectivity index (χ1n) is 20.9. The maximum Gasteiger partial charge on any atom is 0.416 e. The summed E-state index contributed by atoms with van der Waals surface area (Å²) in [4.78, 5) is 38.5. The average molecular weight is 885 g/mol. The largest absolute Gasteiger partial charge is 0.416 e. The molecule has 64 heavy (non-hydrogen) atoms. The lowest BCUT2D eigenvalue weighted by molar-refractivity contribution is -0.138. The van der Waals surface area contributed by atoms with Crippen molar-refractivity contribution >= 4 is 34.2 Å². The van der Waals surface area contributed by atoms with Crippen molar-refractivity contribution in [1.82, 2.24) is 18.8 Å². The van der Waals surface area contributed by atoms with Crippen LogP contribution >= 0.6 is 0 Å². The summed E-state index contributed by atoms with van der Waals surface area (Å²) in [5.74, 6) is -0.455. The molecule has 0 amide bonds. The van der Waals surface area contributed by atoms with Crippen LogP contribution in [0.5, 0.6) is 0 Å². The van der Waals surface area contributed by atoms with Gasteiger partial charge in [-0.2, -0.15) is 26.3 Å². The minimum atomic E-state index is -4.36. The van der Waals surface area contributed by atoms with Crippen LogP contribution in [0.1, 0.15) is 85.0 Å². The molecule has 3 aromatic carbocycles. The summed E-state index contributed by atoms with van der Waals surface area (Å²) in [5.41, 5.74) is 7.26. The highest BCUT2D eigenvalue weighted by Crippen LogP contribution is 2.32. The minimum Gasteiger partial charge on any atom is -0.370 e. The van der Waals surface area contributed by atoms with Gasteiger partial charge in [0.15, 0.2) is 11.6 Å². The number of nitrogens with zero attached hydrogens (tertiary/aromatic N) is 6. The number of benzene rings is 3. The van der Waals surface area contributed by atoms with Gasteiger partial charge in [-0.15, -0.1) is 0 Å². The molecule has 0 radical (unpaired) electrons. The summed E-state index contributed by atoms with van der Waals surface area (Å²) in [5, 5.41) is 0. The van der Waals surface area contributed by atoms with Gasteiger partial charge in [0, 0.05) is 57.1 Å². The number of anilines is 2. The monoisotopic (exact) mass is 884 g/mol. The molecule has 1 saturated heterocycles. The van der Waals surface area contributed by atoms with Gasteiger partial charge < -0.3 is 9.80 Å². The van der Waals surface area contributed by atoms with Crippen LogP contribution in [-0.4, -0.2) is 56.5 Å².